The smallest absolute Gasteiger partial charge is 0.277 e. The number of thioether (sulfide) groups is 1. The summed E-state index contributed by atoms with van der Waals surface area (Å²) < 4.78 is 27.8. The predicted octanol–water partition coefficient (Wildman–Crippen LogP) is 5.10. The molecule has 1 aliphatic rings. The largest absolute Gasteiger partial charge is 0.495 e. The van der Waals surface area contributed by atoms with E-state index in [-0.39, 0.29) is 23.7 Å². The van der Waals surface area contributed by atoms with Crippen LogP contribution in [0, 0.1) is 0 Å². The van der Waals surface area contributed by atoms with Gasteiger partial charge in [0.1, 0.15) is 16.9 Å². The van der Waals surface area contributed by atoms with E-state index in [2.05, 4.69) is 15.5 Å². The first-order valence-electron chi connectivity index (χ1n) is 10.3. The van der Waals surface area contributed by atoms with E-state index in [9.17, 15) is 4.79 Å². The van der Waals surface area contributed by atoms with Crippen LogP contribution in [-0.4, -0.2) is 35.8 Å². The molecule has 34 heavy (non-hydrogen) atoms. The van der Waals surface area contributed by atoms with Gasteiger partial charge in [0.15, 0.2) is 11.5 Å². The third-order valence-corrected chi connectivity index (χ3v) is 6.14. The van der Waals surface area contributed by atoms with Gasteiger partial charge in [-0.2, -0.15) is 0 Å². The zero-order valence-corrected chi connectivity index (χ0v) is 18.7. The highest BCUT2D eigenvalue weighted by molar-refractivity contribution is 7.99. The van der Waals surface area contributed by atoms with Gasteiger partial charge in [-0.15, -0.1) is 10.2 Å². The maximum absolute atomic E-state index is 12.6. The van der Waals surface area contributed by atoms with Crippen molar-refractivity contribution in [1.82, 2.24) is 10.2 Å². The third-order valence-electron chi connectivity index (χ3n) is 5.33. The van der Waals surface area contributed by atoms with E-state index < -0.39 is 0 Å². The summed E-state index contributed by atoms with van der Waals surface area (Å²) in [5, 5.41) is 13.1. The summed E-state index contributed by atoms with van der Waals surface area (Å²) in [4.78, 5) is 12.6. The molecular weight excluding hydrogens is 458 g/mol. The zero-order valence-electron chi connectivity index (χ0n) is 17.9. The van der Waals surface area contributed by atoms with Crippen LogP contribution in [-0.2, 0) is 4.79 Å². The lowest BCUT2D eigenvalue weighted by Crippen LogP contribution is -2.14. The van der Waals surface area contributed by atoms with Crippen molar-refractivity contribution in [2.75, 3.05) is 25.0 Å². The molecule has 6 rings (SSSR count). The number of nitrogens with zero attached hydrogens (tertiary/aromatic N) is 2. The summed E-state index contributed by atoms with van der Waals surface area (Å²) in [6.45, 7) is 0.187. The van der Waals surface area contributed by atoms with Gasteiger partial charge in [0.05, 0.1) is 18.6 Å². The lowest BCUT2D eigenvalue weighted by molar-refractivity contribution is -0.113. The first-order valence-corrected chi connectivity index (χ1v) is 11.3. The van der Waals surface area contributed by atoms with Gasteiger partial charge >= 0.3 is 0 Å². The molecule has 2 aromatic heterocycles. The normalized spacial score (nSPS) is 12.4. The standard InChI is InChI=1S/C24H17N3O6S/c1-29-20-9-15-14-4-2-3-5-17(14)32-19(15)10-16(20)25-22(28)11-34-24-27-26-23(33-24)13-6-7-18-21(8-13)31-12-30-18/h2-10H,11-12H2,1H3,(H,25,28). The van der Waals surface area contributed by atoms with E-state index in [4.69, 9.17) is 23.0 Å². The lowest BCUT2D eigenvalue weighted by Gasteiger charge is -2.09. The number of fused-ring (bicyclic) bond motifs is 4. The number of carbonyl (C=O) groups excluding carboxylic acids is 1. The summed E-state index contributed by atoms with van der Waals surface area (Å²) in [6.07, 6.45) is 0. The number of ether oxygens (including phenoxy) is 3. The molecule has 10 heteroatoms. The Morgan fingerprint density at radius 1 is 1.00 bits per heavy atom. The maximum atomic E-state index is 12.6. The van der Waals surface area contributed by atoms with Gasteiger partial charge in [-0.3, -0.25) is 4.79 Å². The number of methoxy groups -OCH3 is 1. The molecule has 0 spiro atoms. The van der Waals surface area contributed by atoms with Crippen LogP contribution >= 0.6 is 11.8 Å². The second-order valence-corrected chi connectivity index (χ2v) is 8.35. The highest BCUT2D eigenvalue weighted by Gasteiger charge is 2.18. The minimum atomic E-state index is -0.249. The second kappa shape index (κ2) is 8.31. The van der Waals surface area contributed by atoms with Crippen LogP contribution in [0.2, 0.25) is 0 Å². The topological polar surface area (TPSA) is 109 Å². The fraction of sp³-hybridized carbons (Fsp3) is 0.125. The van der Waals surface area contributed by atoms with Crippen molar-refractivity contribution in [3.63, 3.8) is 0 Å². The molecule has 0 aliphatic carbocycles. The minimum absolute atomic E-state index is 0.0735. The minimum Gasteiger partial charge on any atom is -0.495 e. The average molecular weight is 475 g/mol. The Kier molecular flexibility index (Phi) is 4.99. The fourth-order valence-electron chi connectivity index (χ4n) is 3.75. The molecule has 5 aromatic rings. The molecular formula is C24H17N3O6S. The Balaban J connectivity index is 1.16. The van der Waals surface area contributed by atoms with Crippen molar-refractivity contribution in [2.24, 2.45) is 0 Å². The quantitative estimate of drug-likeness (QED) is 0.335. The molecule has 3 aromatic carbocycles. The number of hydrogen-bond donors (Lipinski definition) is 1. The summed E-state index contributed by atoms with van der Waals surface area (Å²) in [7, 11) is 1.56. The molecule has 0 bridgehead atoms. The molecule has 1 amide bonds. The summed E-state index contributed by atoms with van der Waals surface area (Å²) in [5.41, 5.74) is 2.66. The van der Waals surface area contributed by atoms with Crippen LogP contribution in [0.3, 0.4) is 0 Å². The predicted molar refractivity (Wildman–Crippen MR) is 125 cm³/mol. The van der Waals surface area contributed by atoms with Gasteiger partial charge in [0.2, 0.25) is 18.6 Å². The highest BCUT2D eigenvalue weighted by Crippen LogP contribution is 2.37. The number of hydrogen-bond acceptors (Lipinski definition) is 9. The Morgan fingerprint density at radius 3 is 2.79 bits per heavy atom. The number of rotatable bonds is 6. The van der Waals surface area contributed by atoms with E-state index in [1.807, 2.05) is 36.4 Å². The van der Waals surface area contributed by atoms with Crippen molar-refractivity contribution < 1.29 is 27.8 Å². The number of carbonyl (C=O) groups is 1. The zero-order chi connectivity index (χ0) is 23.1. The summed E-state index contributed by atoms with van der Waals surface area (Å²) >= 11 is 1.14. The van der Waals surface area contributed by atoms with Crippen LogP contribution in [0.1, 0.15) is 0 Å². The van der Waals surface area contributed by atoms with Gasteiger partial charge < -0.3 is 28.4 Å². The number of benzene rings is 3. The number of furan rings is 1. The number of anilines is 1. The molecule has 0 saturated heterocycles. The van der Waals surface area contributed by atoms with Crippen LogP contribution in [0.15, 0.2) is 68.7 Å². The first kappa shape index (κ1) is 20.4. The van der Waals surface area contributed by atoms with Gasteiger partial charge in [-0.05, 0) is 30.3 Å². The first-order chi connectivity index (χ1) is 16.7. The van der Waals surface area contributed by atoms with Gasteiger partial charge in [-0.1, -0.05) is 30.0 Å². The van der Waals surface area contributed by atoms with Crippen LogP contribution in [0.5, 0.6) is 17.2 Å². The number of aromatic nitrogens is 2. The van der Waals surface area contributed by atoms with Crippen molar-refractivity contribution in [2.45, 2.75) is 5.22 Å². The Morgan fingerprint density at radius 2 is 1.88 bits per heavy atom. The summed E-state index contributed by atoms with van der Waals surface area (Å²) in [5.74, 6) is 2.00. The second-order valence-electron chi connectivity index (χ2n) is 7.42. The van der Waals surface area contributed by atoms with E-state index >= 15 is 0 Å². The average Bonchev–Trinajstić information content (AvgIpc) is 3.59. The number of nitrogens with one attached hydrogen (secondary N) is 1. The molecule has 3 heterocycles. The molecule has 0 fully saturated rings. The Bertz CT molecular complexity index is 1540. The van der Waals surface area contributed by atoms with Gasteiger partial charge in [-0.25, -0.2) is 0 Å². The van der Waals surface area contributed by atoms with Crippen molar-refractivity contribution in [3.8, 4) is 28.7 Å². The lowest BCUT2D eigenvalue weighted by atomic mass is 10.1. The van der Waals surface area contributed by atoms with Crippen LogP contribution < -0.4 is 19.5 Å². The molecule has 1 aliphatic heterocycles. The highest BCUT2D eigenvalue weighted by atomic mass is 32.2. The van der Waals surface area contributed by atoms with E-state index in [1.54, 1.807) is 25.3 Å². The monoisotopic (exact) mass is 475 g/mol. The molecule has 0 atom stereocenters. The molecule has 0 saturated carbocycles. The van der Waals surface area contributed by atoms with Gasteiger partial charge in [0, 0.05) is 22.4 Å². The van der Waals surface area contributed by atoms with Crippen molar-refractivity contribution in [1.29, 1.82) is 0 Å². The SMILES string of the molecule is COc1cc2c(cc1NC(=O)CSc1nnc(-c3ccc4c(c3)OCO4)o1)oc1ccccc12. The van der Waals surface area contributed by atoms with Crippen LogP contribution in [0.25, 0.3) is 33.4 Å². The number of amides is 1. The third kappa shape index (κ3) is 3.67. The Hall–Kier alpha value is -4.18. The molecule has 9 nitrogen and oxygen atoms in total. The van der Waals surface area contributed by atoms with Crippen molar-refractivity contribution in [3.05, 3.63) is 54.6 Å². The van der Waals surface area contributed by atoms with E-state index in [0.29, 0.717) is 40.0 Å². The molecule has 170 valence electrons. The maximum Gasteiger partial charge on any atom is 0.277 e. The fourth-order valence-corrected chi connectivity index (χ4v) is 4.31. The Labute approximate surface area is 197 Å². The van der Waals surface area contributed by atoms with Crippen molar-refractivity contribution >= 4 is 45.3 Å². The van der Waals surface area contributed by atoms with Gasteiger partial charge in [0.25, 0.3) is 5.22 Å². The van der Waals surface area contributed by atoms with Crippen LogP contribution in [0.4, 0.5) is 5.69 Å². The summed E-state index contributed by atoms with van der Waals surface area (Å²) in [6, 6.07) is 16.7. The number of para-hydroxylation sites is 1. The van der Waals surface area contributed by atoms with E-state index in [0.717, 1.165) is 28.1 Å². The molecule has 0 radical (unpaired) electrons. The molecule has 0 unspecified atom stereocenters. The van der Waals surface area contributed by atoms with E-state index in [1.165, 1.54) is 0 Å². The molecule has 1 N–H and O–H groups in total.